The van der Waals surface area contributed by atoms with Crippen molar-refractivity contribution in [3.8, 4) is 0 Å². The fraction of sp³-hybridized carbons (Fsp3) is 0.394. The van der Waals surface area contributed by atoms with Gasteiger partial charge in [0, 0.05) is 17.8 Å². The quantitative estimate of drug-likeness (QED) is 0.233. The molecule has 0 radical (unpaired) electrons. The number of rotatable bonds is 12. The normalized spacial score (nSPS) is 30.3. The van der Waals surface area contributed by atoms with Crippen molar-refractivity contribution in [3.05, 3.63) is 102 Å². The van der Waals surface area contributed by atoms with Gasteiger partial charge in [0.25, 0.3) is 5.91 Å². The number of nitrogens with one attached hydrogen (secondary N) is 1. The first-order valence-corrected chi connectivity index (χ1v) is 14.5. The van der Waals surface area contributed by atoms with Crippen LogP contribution in [0.5, 0.6) is 0 Å². The number of amides is 1. The number of anilines is 1. The first-order valence-electron chi connectivity index (χ1n) is 14.5. The van der Waals surface area contributed by atoms with E-state index in [0.717, 1.165) is 0 Å². The van der Waals surface area contributed by atoms with Crippen LogP contribution in [-0.4, -0.2) is 62.2 Å². The lowest BCUT2D eigenvalue weighted by Gasteiger charge is -2.36. The van der Waals surface area contributed by atoms with Crippen molar-refractivity contribution in [1.29, 1.82) is 0 Å². The lowest BCUT2D eigenvalue weighted by atomic mass is 9.76. The molecule has 3 fully saturated rings. The Labute approximate surface area is 248 Å². The van der Waals surface area contributed by atoms with Gasteiger partial charge in [-0.2, -0.15) is 0 Å². The summed E-state index contributed by atoms with van der Waals surface area (Å²) in [6.45, 7) is 4.09. The molecule has 0 aromatic heterocycles. The largest absolute Gasteiger partial charge is 0.481 e. The van der Waals surface area contributed by atoms with Gasteiger partial charge in [0.05, 0.1) is 18.6 Å². The number of nitrogens with zero attached hydrogens (tertiary/aromatic N) is 1. The number of carbonyl (C=O) groups excluding carboxylic acids is 1. The molecule has 3 aromatic rings. The molecule has 3 heterocycles. The zero-order valence-corrected chi connectivity index (χ0v) is 23.9. The molecule has 9 nitrogen and oxygen atoms in total. The van der Waals surface area contributed by atoms with Gasteiger partial charge in [-0.1, -0.05) is 74.5 Å². The average molecular weight is 591 g/mol. The van der Waals surface area contributed by atoms with Crippen LogP contribution in [0.3, 0.4) is 0 Å². The number of aliphatic carboxylic acids is 1. The highest BCUT2D eigenvalue weighted by Gasteiger charge is 3.06. The Kier molecular flexibility index (Phi) is 7.18. The summed E-state index contributed by atoms with van der Waals surface area (Å²) in [5.74, 6) is -2.21. The summed E-state index contributed by atoms with van der Waals surface area (Å²) in [6, 6.07) is 24.4. The van der Waals surface area contributed by atoms with Crippen molar-refractivity contribution >= 4 is 17.6 Å². The SMILES string of the molecule is CC(C)C12OC1(C(=O)Nc1ccccc1)C1(c3ccccc3)OC1(c1ccc(F)cc1)N2CC[C@H](O)C[C@H](O)CC(=O)O. The molecule has 6 atom stereocenters. The monoisotopic (exact) mass is 590 g/mol. The van der Waals surface area contributed by atoms with E-state index in [0.29, 0.717) is 16.8 Å². The van der Waals surface area contributed by atoms with E-state index in [2.05, 4.69) is 5.32 Å². The fourth-order valence-electron chi connectivity index (χ4n) is 7.25. The molecule has 6 rings (SSSR count). The molecule has 3 aliphatic heterocycles. The number of epoxide rings is 2. The molecule has 0 spiro atoms. The third-order valence-electron chi connectivity index (χ3n) is 8.97. The van der Waals surface area contributed by atoms with E-state index < -0.39 is 53.1 Å². The van der Waals surface area contributed by atoms with Crippen LogP contribution < -0.4 is 5.32 Å². The number of benzene rings is 3. The molecule has 4 N–H and O–H groups in total. The molecule has 4 unspecified atom stereocenters. The van der Waals surface area contributed by atoms with Crippen LogP contribution in [0, 0.1) is 11.7 Å². The minimum absolute atomic E-state index is 0.127. The van der Waals surface area contributed by atoms with Gasteiger partial charge in [-0.25, -0.2) is 9.29 Å². The predicted octanol–water partition coefficient (Wildman–Crippen LogP) is 3.96. The smallest absolute Gasteiger partial charge is 0.305 e. The van der Waals surface area contributed by atoms with Gasteiger partial charge in [-0.3, -0.25) is 9.59 Å². The first-order chi connectivity index (χ1) is 20.5. The highest BCUT2D eigenvalue weighted by molar-refractivity contribution is 6.03. The maximum atomic E-state index is 14.5. The van der Waals surface area contributed by atoms with Gasteiger partial charge >= 0.3 is 5.97 Å². The van der Waals surface area contributed by atoms with Gasteiger partial charge in [-0.15, -0.1) is 0 Å². The number of halogens is 1. The van der Waals surface area contributed by atoms with Crippen molar-refractivity contribution in [2.75, 3.05) is 11.9 Å². The number of hydrogen-bond acceptors (Lipinski definition) is 7. The van der Waals surface area contributed by atoms with Crippen molar-refractivity contribution < 1.29 is 38.8 Å². The maximum absolute atomic E-state index is 14.5. The van der Waals surface area contributed by atoms with Crippen LogP contribution in [0.25, 0.3) is 0 Å². The minimum atomic E-state index is -1.52. The Hall–Kier alpha value is -3.67. The molecule has 0 aliphatic carbocycles. The van der Waals surface area contributed by atoms with Crippen LogP contribution in [0.1, 0.15) is 44.2 Å². The third-order valence-corrected chi connectivity index (χ3v) is 8.97. The van der Waals surface area contributed by atoms with E-state index in [1.165, 1.54) is 12.1 Å². The number of hydrogen-bond donors (Lipinski definition) is 4. The summed E-state index contributed by atoms with van der Waals surface area (Å²) < 4.78 is 27.7. The Balaban J connectivity index is 1.47. The number of carbonyl (C=O) groups is 2. The number of carboxylic acids is 1. The summed E-state index contributed by atoms with van der Waals surface area (Å²) in [7, 11) is 0. The van der Waals surface area contributed by atoms with Gasteiger partial charge in [-0.05, 0) is 48.6 Å². The lowest BCUT2D eigenvalue weighted by molar-refractivity contribution is -0.139. The fourth-order valence-corrected chi connectivity index (χ4v) is 7.25. The molecular weight excluding hydrogens is 555 g/mol. The number of fused-ring (bicyclic) bond motifs is 3. The van der Waals surface area contributed by atoms with Crippen LogP contribution in [-0.2, 0) is 30.4 Å². The molecule has 43 heavy (non-hydrogen) atoms. The number of carboxylic acid groups (broad SMARTS) is 1. The topological polar surface area (TPSA) is 135 Å². The number of ether oxygens (including phenoxy) is 2. The molecule has 0 bridgehead atoms. The molecule has 0 saturated carbocycles. The van der Waals surface area contributed by atoms with Crippen molar-refractivity contribution in [2.24, 2.45) is 5.92 Å². The zero-order chi connectivity index (χ0) is 30.6. The van der Waals surface area contributed by atoms with Crippen molar-refractivity contribution in [2.45, 2.75) is 68.0 Å². The van der Waals surface area contributed by atoms with Gasteiger partial charge in [0.1, 0.15) is 5.82 Å². The van der Waals surface area contributed by atoms with Crippen molar-refractivity contribution in [1.82, 2.24) is 4.90 Å². The van der Waals surface area contributed by atoms with Crippen molar-refractivity contribution in [3.63, 3.8) is 0 Å². The second-order valence-corrected chi connectivity index (χ2v) is 11.8. The summed E-state index contributed by atoms with van der Waals surface area (Å²) >= 11 is 0. The lowest BCUT2D eigenvalue weighted by Crippen LogP contribution is -2.52. The molecular formula is C33H35FN2O7. The van der Waals surface area contributed by atoms with Crippen LogP contribution in [0.15, 0.2) is 84.9 Å². The van der Waals surface area contributed by atoms with Gasteiger partial charge < -0.3 is 30.1 Å². The predicted molar refractivity (Wildman–Crippen MR) is 154 cm³/mol. The standard InChI is InChI=1S/C33H35FN2O7/c1-21(2)32-31(43-32,29(41)35-25-11-7-4-8-12-25)30(22-9-5-3-6-10-22)33(42-30,23-13-15-24(34)16-14-23)36(32)18-17-26(37)19-27(38)20-28(39)40/h3-16,21,26-27,37-38H,17-20H2,1-2H3,(H,35,41)(H,39,40)/t26-,27-,30?,31?,32?,33?/m0/s1. The van der Waals surface area contributed by atoms with E-state index in [9.17, 15) is 24.2 Å². The van der Waals surface area contributed by atoms with E-state index in [1.807, 2.05) is 67.3 Å². The molecule has 3 aliphatic rings. The third kappa shape index (κ3) is 4.16. The van der Waals surface area contributed by atoms with E-state index in [1.54, 1.807) is 24.3 Å². The molecule has 1 amide bonds. The van der Waals surface area contributed by atoms with Gasteiger partial charge in [0.2, 0.25) is 5.60 Å². The summed E-state index contributed by atoms with van der Waals surface area (Å²) in [5, 5.41) is 33.1. The van der Waals surface area contributed by atoms with Crippen LogP contribution >= 0.6 is 0 Å². The molecule has 3 aromatic carbocycles. The first kappa shape index (κ1) is 29.4. The van der Waals surface area contributed by atoms with E-state index in [-0.39, 0.29) is 31.2 Å². The van der Waals surface area contributed by atoms with Gasteiger partial charge in [0.15, 0.2) is 17.1 Å². The maximum Gasteiger partial charge on any atom is 0.305 e. The second-order valence-electron chi connectivity index (χ2n) is 11.8. The molecule has 10 heteroatoms. The molecule has 226 valence electrons. The highest BCUT2D eigenvalue weighted by Crippen LogP contribution is 2.86. The van der Waals surface area contributed by atoms with E-state index in [4.69, 9.17) is 14.6 Å². The number of likely N-dealkylation sites (tertiary alicyclic amines) is 1. The summed E-state index contributed by atoms with van der Waals surface area (Å²) in [6.07, 6.45) is -2.75. The minimum Gasteiger partial charge on any atom is -0.481 e. The number of aliphatic hydroxyl groups is 2. The highest BCUT2D eigenvalue weighted by atomic mass is 19.1. The Morgan fingerprint density at radius 2 is 1.51 bits per heavy atom. The number of para-hydroxylation sites is 1. The average Bonchev–Trinajstić information content (AvgIpc) is 3.86. The number of aliphatic hydroxyl groups excluding tert-OH is 2. The summed E-state index contributed by atoms with van der Waals surface area (Å²) in [4.78, 5) is 27.5. The Morgan fingerprint density at radius 1 is 0.884 bits per heavy atom. The van der Waals surface area contributed by atoms with Crippen LogP contribution in [0.4, 0.5) is 10.1 Å². The molecule has 3 saturated heterocycles. The Bertz CT molecular complexity index is 1510. The van der Waals surface area contributed by atoms with Crippen LogP contribution in [0.2, 0.25) is 0 Å². The zero-order valence-electron chi connectivity index (χ0n) is 23.9. The van der Waals surface area contributed by atoms with E-state index >= 15 is 0 Å². The Morgan fingerprint density at radius 3 is 2.12 bits per heavy atom. The summed E-state index contributed by atoms with van der Waals surface area (Å²) in [5.41, 5.74) is -3.34. The second kappa shape index (κ2) is 10.5.